The van der Waals surface area contributed by atoms with E-state index in [0.29, 0.717) is 23.6 Å². The molecule has 7 nitrogen and oxygen atoms in total. The molecule has 0 radical (unpaired) electrons. The van der Waals surface area contributed by atoms with Crippen molar-refractivity contribution in [1.82, 2.24) is 5.43 Å². The molecule has 0 aromatic heterocycles. The van der Waals surface area contributed by atoms with Crippen molar-refractivity contribution in [2.75, 3.05) is 11.3 Å². The van der Waals surface area contributed by atoms with Gasteiger partial charge in [-0.3, -0.25) is 9.52 Å². The molecule has 0 atom stereocenters. The summed E-state index contributed by atoms with van der Waals surface area (Å²) < 4.78 is 32.9. The lowest BCUT2D eigenvalue weighted by Crippen LogP contribution is -2.17. The van der Waals surface area contributed by atoms with E-state index in [4.69, 9.17) is 4.74 Å². The highest BCUT2D eigenvalue weighted by Crippen LogP contribution is 2.19. The van der Waals surface area contributed by atoms with Gasteiger partial charge in [0.25, 0.3) is 15.9 Å². The molecule has 0 saturated carbocycles. The summed E-state index contributed by atoms with van der Waals surface area (Å²) >= 11 is 0. The maximum absolute atomic E-state index is 12.6. The predicted molar refractivity (Wildman–Crippen MR) is 133 cm³/mol. The van der Waals surface area contributed by atoms with Crippen LogP contribution in [0.2, 0.25) is 0 Å². The van der Waals surface area contributed by atoms with Crippen LogP contribution in [0, 0.1) is 0 Å². The van der Waals surface area contributed by atoms with E-state index in [1.54, 1.807) is 18.3 Å². The second-order valence-corrected chi connectivity index (χ2v) is 9.32. The highest BCUT2D eigenvalue weighted by Gasteiger charge is 2.14. The highest BCUT2D eigenvalue weighted by molar-refractivity contribution is 7.92. The Balaban J connectivity index is 1.92. The number of nitrogens with zero attached hydrogens (tertiary/aromatic N) is 1. The van der Waals surface area contributed by atoms with Gasteiger partial charge >= 0.3 is 0 Å². The summed E-state index contributed by atoms with van der Waals surface area (Å²) in [5, 5.41) is 3.93. The minimum atomic E-state index is -3.76. The van der Waals surface area contributed by atoms with Gasteiger partial charge in [0, 0.05) is 17.5 Å². The molecule has 0 aliphatic rings. The molecule has 0 spiro atoms. The number of nitrogens with one attached hydrogen (secondary N) is 2. The van der Waals surface area contributed by atoms with Crippen molar-refractivity contribution in [1.29, 1.82) is 0 Å². The zero-order valence-electron chi connectivity index (χ0n) is 19.5. The molecule has 0 unspecified atom stereocenters. The van der Waals surface area contributed by atoms with Gasteiger partial charge in [-0.05, 0) is 95.1 Å². The van der Waals surface area contributed by atoms with Gasteiger partial charge < -0.3 is 4.74 Å². The van der Waals surface area contributed by atoms with E-state index >= 15 is 0 Å². The molecule has 1 amide bonds. The summed E-state index contributed by atoms with van der Waals surface area (Å²) in [6, 6.07) is 12.3. The summed E-state index contributed by atoms with van der Waals surface area (Å²) in [7, 11) is -3.76. The molecule has 2 rings (SSSR count). The average Bonchev–Trinajstić information content (AvgIpc) is 2.77. The second kappa shape index (κ2) is 12.6. The number of anilines is 1. The molecular formula is C25H31N3O4S. The Kier molecular flexibility index (Phi) is 9.87. The van der Waals surface area contributed by atoms with Gasteiger partial charge in [-0.15, -0.1) is 0 Å². The van der Waals surface area contributed by atoms with Crippen LogP contribution in [0.15, 0.2) is 81.8 Å². The van der Waals surface area contributed by atoms with Crippen LogP contribution in [0.3, 0.4) is 0 Å². The molecule has 0 bridgehead atoms. The van der Waals surface area contributed by atoms with Crippen molar-refractivity contribution in [2.24, 2.45) is 5.10 Å². The first-order chi connectivity index (χ1) is 15.7. The minimum absolute atomic E-state index is 0.117. The van der Waals surface area contributed by atoms with E-state index in [0.717, 1.165) is 18.4 Å². The van der Waals surface area contributed by atoms with E-state index in [-0.39, 0.29) is 10.8 Å². The molecule has 176 valence electrons. The maximum atomic E-state index is 12.6. The molecule has 2 aromatic rings. The number of ether oxygens (including phenoxy) is 1. The van der Waals surface area contributed by atoms with Crippen LogP contribution in [0.1, 0.15) is 50.9 Å². The number of hydrazone groups is 1. The lowest BCUT2D eigenvalue weighted by atomic mass is 10.1. The topological polar surface area (TPSA) is 96.9 Å². The fourth-order valence-corrected chi connectivity index (χ4v) is 3.84. The Morgan fingerprint density at radius 2 is 1.70 bits per heavy atom. The third kappa shape index (κ3) is 8.94. The van der Waals surface area contributed by atoms with Crippen molar-refractivity contribution < 1.29 is 17.9 Å². The molecule has 2 N–H and O–H groups in total. The first-order valence-corrected chi connectivity index (χ1v) is 12.2. The van der Waals surface area contributed by atoms with Gasteiger partial charge in [0.2, 0.25) is 0 Å². The lowest BCUT2D eigenvalue weighted by molar-refractivity contribution is 0.0955. The normalized spacial score (nSPS) is 11.8. The van der Waals surface area contributed by atoms with Gasteiger partial charge in [0.1, 0.15) is 5.75 Å². The Morgan fingerprint density at radius 3 is 2.30 bits per heavy atom. The number of sulfonamides is 1. The van der Waals surface area contributed by atoms with Crippen LogP contribution < -0.4 is 14.9 Å². The van der Waals surface area contributed by atoms with Crippen LogP contribution >= 0.6 is 0 Å². The Hall–Kier alpha value is -3.39. The Bertz CT molecular complexity index is 1110. The lowest BCUT2D eigenvalue weighted by Gasteiger charge is -2.09. The molecule has 2 aromatic carbocycles. The quantitative estimate of drug-likeness (QED) is 0.265. The number of hydrogen-bond donors (Lipinski definition) is 2. The molecule has 0 heterocycles. The smallest absolute Gasteiger partial charge is 0.271 e. The predicted octanol–water partition coefficient (Wildman–Crippen LogP) is 5.29. The standard InChI is InChI=1S/C25H31N3O4S/c1-5-32-23-13-15-24(16-14-23)33(30,31)28-22-11-9-21(10-12-22)25(29)27-26-18-17-20(4)8-6-7-19(2)3/h7,9-18,28H,5-6,8H2,1-4H3,(H,27,29)/b20-17+,26-18-. The van der Waals surface area contributed by atoms with Crippen molar-refractivity contribution in [3.63, 3.8) is 0 Å². The summed E-state index contributed by atoms with van der Waals surface area (Å²) in [6.07, 6.45) is 7.49. The number of rotatable bonds is 11. The third-order valence-corrected chi connectivity index (χ3v) is 5.93. The van der Waals surface area contributed by atoms with Crippen molar-refractivity contribution >= 4 is 27.8 Å². The molecule has 33 heavy (non-hydrogen) atoms. The fourth-order valence-electron chi connectivity index (χ4n) is 2.78. The SMILES string of the molecule is CCOc1ccc(S(=O)(=O)Nc2ccc(C(=O)N/N=C\C=C(/C)CCC=C(C)C)cc2)cc1. The first-order valence-electron chi connectivity index (χ1n) is 10.7. The molecule has 0 aliphatic carbocycles. The van der Waals surface area contributed by atoms with Crippen LogP contribution in [-0.2, 0) is 10.0 Å². The summed E-state index contributed by atoms with van der Waals surface area (Å²) in [5.41, 5.74) is 5.62. The van der Waals surface area contributed by atoms with E-state index in [1.807, 2.05) is 19.9 Å². The van der Waals surface area contributed by atoms with Gasteiger partial charge in [-0.25, -0.2) is 13.8 Å². The van der Waals surface area contributed by atoms with Crippen LogP contribution in [0.25, 0.3) is 0 Å². The summed E-state index contributed by atoms with van der Waals surface area (Å²) in [5.74, 6) is 0.214. The number of benzene rings is 2. The van der Waals surface area contributed by atoms with E-state index in [9.17, 15) is 13.2 Å². The zero-order chi connectivity index (χ0) is 24.3. The van der Waals surface area contributed by atoms with E-state index in [2.05, 4.69) is 35.2 Å². The van der Waals surface area contributed by atoms with E-state index < -0.39 is 10.0 Å². The second-order valence-electron chi connectivity index (χ2n) is 7.64. The number of hydrogen-bond acceptors (Lipinski definition) is 5. The van der Waals surface area contributed by atoms with E-state index in [1.165, 1.54) is 42.0 Å². The Labute approximate surface area is 196 Å². The third-order valence-electron chi connectivity index (χ3n) is 4.54. The minimum Gasteiger partial charge on any atom is -0.494 e. The van der Waals surface area contributed by atoms with Gasteiger partial charge in [-0.1, -0.05) is 17.2 Å². The largest absolute Gasteiger partial charge is 0.494 e. The molecule has 0 aliphatic heterocycles. The highest BCUT2D eigenvalue weighted by atomic mass is 32.2. The van der Waals surface area contributed by atoms with Crippen molar-refractivity contribution in [3.05, 3.63) is 77.4 Å². The van der Waals surface area contributed by atoms with Crippen LogP contribution in [-0.4, -0.2) is 27.1 Å². The number of carbonyl (C=O) groups excluding carboxylic acids is 1. The van der Waals surface area contributed by atoms with Gasteiger partial charge in [0.05, 0.1) is 11.5 Å². The van der Waals surface area contributed by atoms with Crippen LogP contribution in [0.5, 0.6) is 5.75 Å². The monoisotopic (exact) mass is 469 g/mol. The number of carbonyl (C=O) groups is 1. The van der Waals surface area contributed by atoms with Crippen molar-refractivity contribution in [3.8, 4) is 5.75 Å². The molecular weight excluding hydrogens is 438 g/mol. The number of amides is 1. The van der Waals surface area contributed by atoms with Crippen LogP contribution in [0.4, 0.5) is 5.69 Å². The summed E-state index contributed by atoms with van der Waals surface area (Å²) in [4.78, 5) is 12.4. The molecule has 8 heteroatoms. The van der Waals surface area contributed by atoms with Gasteiger partial charge in [-0.2, -0.15) is 5.10 Å². The fraction of sp³-hybridized carbons (Fsp3) is 0.280. The Morgan fingerprint density at radius 1 is 1.03 bits per heavy atom. The maximum Gasteiger partial charge on any atom is 0.271 e. The molecule has 0 saturated heterocycles. The first kappa shape index (κ1) is 25.9. The summed E-state index contributed by atoms with van der Waals surface area (Å²) in [6.45, 7) is 8.51. The molecule has 0 fully saturated rings. The van der Waals surface area contributed by atoms with Gasteiger partial charge in [0.15, 0.2) is 0 Å². The average molecular weight is 470 g/mol. The van der Waals surface area contributed by atoms with Crippen molar-refractivity contribution in [2.45, 2.75) is 45.4 Å². The zero-order valence-corrected chi connectivity index (χ0v) is 20.3. The number of allylic oxidation sites excluding steroid dienone is 4.